The van der Waals surface area contributed by atoms with E-state index in [4.69, 9.17) is 9.26 Å². The largest absolute Gasteiger partial charge is 0.466 e. The summed E-state index contributed by atoms with van der Waals surface area (Å²) >= 11 is 1.58. The van der Waals surface area contributed by atoms with Gasteiger partial charge in [0.2, 0.25) is 0 Å². The van der Waals surface area contributed by atoms with Gasteiger partial charge < -0.3 is 9.26 Å². The second-order valence-electron chi connectivity index (χ2n) is 4.32. The first-order valence-corrected chi connectivity index (χ1v) is 7.32. The number of carbonyl (C=O) groups excluding carboxylic acids is 1. The van der Waals surface area contributed by atoms with Crippen LogP contribution < -0.4 is 0 Å². The number of hydrogen-bond donors (Lipinski definition) is 0. The van der Waals surface area contributed by atoms with Crippen molar-refractivity contribution in [3.8, 4) is 11.5 Å². The zero-order chi connectivity index (χ0) is 14.4. The van der Waals surface area contributed by atoms with Crippen LogP contribution in [-0.2, 0) is 16.1 Å². The van der Waals surface area contributed by atoms with Gasteiger partial charge in [-0.3, -0.25) is 9.69 Å². The van der Waals surface area contributed by atoms with E-state index in [0.717, 1.165) is 5.56 Å². The summed E-state index contributed by atoms with van der Waals surface area (Å²) in [6, 6.07) is 1.94. The maximum atomic E-state index is 11.3. The molecule has 2 heterocycles. The Balaban J connectivity index is 1.83. The summed E-state index contributed by atoms with van der Waals surface area (Å²) in [7, 11) is 1.90. The fourth-order valence-electron chi connectivity index (χ4n) is 1.66. The van der Waals surface area contributed by atoms with Gasteiger partial charge in [0.05, 0.1) is 25.1 Å². The molecule has 0 spiro atoms. The molecule has 0 aromatic carbocycles. The number of carbonyl (C=O) groups is 1. The van der Waals surface area contributed by atoms with Crippen molar-refractivity contribution in [1.29, 1.82) is 0 Å². The molecule has 2 aromatic heterocycles. The molecule has 0 aliphatic carbocycles. The summed E-state index contributed by atoms with van der Waals surface area (Å²) in [6.45, 7) is 3.35. The third-order valence-electron chi connectivity index (χ3n) is 2.65. The van der Waals surface area contributed by atoms with Crippen LogP contribution >= 0.6 is 11.3 Å². The van der Waals surface area contributed by atoms with E-state index in [9.17, 15) is 4.79 Å². The summed E-state index contributed by atoms with van der Waals surface area (Å²) in [6.07, 6.45) is 0.361. The van der Waals surface area contributed by atoms with E-state index >= 15 is 0 Å². The van der Waals surface area contributed by atoms with Gasteiger partial charge in [-0.1, -0.05) is 5.16 Å². The lowest BCUT2D eigenvalue weighted by molar-refractivity contribution is -0.143. The average molecular weight is 295 g/mol. The van der Waals surface area contributed by atoms with Crippen LogP contribution in [0.2, 0.25) is 0 Å². The highest BCUT2D eigenvalue weighted by Crippen LogP contribution is 2.19. The molecule has 0 saturated heterocycles. The van der Waals surface area contributed by atoms with Gasteiger partial charge in [0, 0.05) is 11.9 Å². The van der Waals surface area contributed by atoms with E-state index in [-0.39, 0.29) is 5.97 Å². The lowest BCUT2D eigenvalue weighted by atomic mass is 10.3. The van der Waals surface area contributed by atoms with E-state index < -0.39 is 0 Å². The number of ether oxygens (including phenoxy) is 1. The minimum atomic E-state index is -0.188. The monoisotopic (exact) mass is 295 g/mol. The molecule has 0 fully saturated rings. The normalized spacial score (nSPS) is 10.9. The first-order chi connectivity index (χ1) is 9.69. The van der Waals surface area contributed by atoms with Crippen molar-refractivity contribution in [2.24, 2.45) is 0 Å². The van der Waals surface area contributed by atoms with Gasteiger partial charge in [0.15, 0.2) is 5.82 Å². The lowest BCUT2D eigenvalue weighted by Crippen LogP contribution is -2.22. The first kappa shape index (κ1) is 14.7. The van der Waals surface area contributed by atoms with Crippen molar-refractivity contribution in [2.45, 2.75) is 19.9 Å². The van der Waals surface area contributed by atoms with Gasteiger partial charge in [-0.15, -0.1) is 0 Å². The van der Waals surface area contributed by atoms with E-state index in [0.29, 0.717) is 37.8 Å². The average Bonchev–Trinajstić information content (AvgIpc) is 3.07. The molecular formula is C13H17N3O3S. The quantitative estimate of drug-likeness (QED) is 0.729. The van der Waals surface area contributed by atoms with Crippen LogP contribution in [0, 0.1) is 0 Å². The number of nitrogens with zero attached hydrogens (tertiary/aromatic N) is 3. The first-order valence-electron chi connectivity index (χ1n) is 6.38. The summed E-state index contributed by atoms with van der Waals surface area (Å²) in [5, 5.41) is 7.86. The molecule has 2 rings (SSSR count). The Hall–Kier alpha value is -1.73. The fourth-order valence-corrected chi connectivity index (χ4v) is 2.29. The van der Waals surface area contributed by atoms with E-state index in [2.05, 4.69) is 10.1 Å². The minimum Gasteiger partial charge on any atom is -0.466 e. The molecule has 6 nitrogen and oxygen atoms in total. The van der Waals surface area contributed by atoms with Crippen molar-refractivity contribution < 1.29 is 14.1 Å². The SMILES string of the molecule is CCOC(=O)CCN(C)Cc1noc(-c2ccsc2)n1. The highest BCUT2D eigenvalue weighted by Gasteiger charge is 2.12. The number of thiophene rings is 1. The predicted octanol–water partition coefficient (Wildman–Crippen LogP) is 2.18. The molecule has 2 aromatic rings. The zero-order valence-corrected chi connectivity index (χ0v) is 12.4. The Labute approximate surface area is 121 Å². The van der Waals surface area contributed by atoms with Crippen LogP contribution in [0.25, 0.3) is 11.5 Å². The molecule has 108 valence electrons. The van der Waals surface area contributed by atoms with Crippen molar-refractivity contribution in [3.05, 3.63) is 22.7 Å². The van der Waals surface area contributed by atoms with E-state index in [1.807, 2.05) is 28.8 Å². The maximum absolute atomic E-state index is 11.3. The highest BCUT2D eigenvalue weighted by atomic mass is 32.1. The van der Waals surface area contributed by atoms with Gasteiger partial charge >= 0.3 is 5.97 Å². The van der Waals surface area contributed by atoms with Crippen LogP contribution in [0.5, 0.6) is 0 Å². The van der Waals surface area contributed by atoms with Crippen LogP contribution in [0.1, 0.15) is 19.2 Å². The van der Waals surface area contributed by atoms with Gasteiger partial charge in [-0.2, -0.15) is 16.3 Å². The number of aromatic nitrogens is 2. The van der Waals surface area contributed by atoms with Gasteiger partial charge in [-0.05, 0) is 25.4 Å². The second-order valence-corrected chi connectivity index (χ2v) is 5.10. The maximum Gasteiger partial charge on any atom is 0.307 e. The standard InChI is InChI=1S/C13H17N3O3S/c1-3-18-12(17)4-6-16(2)8-11-14-13(19-15-11)10-5-7-20-9-10/h5,7,9H,3-4,6,8H2,1-2H3. The number of esters is 1. The van der Waals surface area contributed by atoms with Crippen molar-refractivity contribution in [1.82, 2.24) is 15.0 Å². The molecule has 7 heteroatoms. The Morgan fingerprint density at radius 3 is 3.10 bits per heavy atom. The summed E-state index contributed by atoms with van der Waals surface area (Å²) < 4.78 is 10.1. The minimum absolute atomic E-state index is 0.188. The number of rotatable bonds is 7. The van der Waals surface area contributed by atoms with Crippen LogP contribution in [0.15, 0.2) is 21.3 Å². The molecular weight excluding hydrogens is 278 g/mol. The topological polar surface area (TPSA) is 68.5 Å². The van der Waals surface area contributed by atoms with Gasteiger partial charge in [0.25, 0.3) is 5.89 Å². The molecule has 0 atom stereocenters. The Bertz CT molecular complexity index is 539. The summed E-state index contributed by atoms with van der Waals surface area (Å²) in [5.41, 5.74) is 0.933. The second kappa shape index (κ2) is 7.16. The van der Waals surface area contributed by atoms with Crippen molar-refractivity contribution in [2.75, 3.05) is 20.2 Å². The third kappa shape index (κ3) is 4.14. The Morgan fingerprint density at radius 2 is 2.40 bits per heavy atom. The molecule has 0 aliphatic heterocycles. The predicted molar refractivity (Wildman–Crippen MR) is 75.2 cm³/mol. The van der Waals surface area contributed by atoms with Crippen molar-refractivity contribution in [3.63, 3.8) is 0 Å². The Morgan fingerprint density at radius 1 is 1.55 bits per heavy atom. The highest BCUT2D eigenvalue weighted by molar-refractivity contribution is 7.08. The van der Waals surface area contributed by atoms with Gasteiger partial charge in [0.1, 0.15) is 0 Å². The molecule has 0 saturated carbocycles. The van der Waals surface area contributed by atoms with Gasteiger partial charge in [-0.25, -0.2) is 0 Å². The summed E-state index contributed by atoms with van der Waals surface area (Å²) in [4.78, 5) is 17.5. The van der Waals surface area contributed by atoms with Crippen LogP contribution in [-0.4, -0.2) is 41.2 Å². The zero-order valence-electron chi connectivity index (χ0n) is 11.5. The third-order valence-corrected chi connectivity index (χ3v) is 3.33. The summed E-state index contributed by atoms with van der Waals surface area (Å²) in [5.74, 6) is 0.948. The molecule has 0 aliphatic rings. The lowest BCUT2D eigenvalue weighted by Gasteiger charge is -2.13. The van der Waals surface area contributed by atoms with Crippen LogP contribution in [0.4, 0.5) is 0 Å². The molecule has 0 N–H and O–H groups in total. The smallest absolute Gasteiger partial charge is 0.307 e. The Kier molecular flexibility index (Phi) is 5.25. The molecule has 0 unspecified atom stereocenters. The fraction of sp³-hybridized carbons (Fsp3) is 0.462. The van der Waals surface area contributed by atoms with Crippen LogP contribution in [0.3, 0.4) is 0 Å². The van der Waals surface area contributed by atoms with Crippen molar-refractivity contribution >= 4 is 17.3 Å². The molecule has 20 heavy (non-hydrogen) atoms. The molecule has 0 bridgehead atoms. The number of hydrogen-bond acceptors (Lipinski definition) is 7. The van der Waals surface area contributed by atoms with E-state index in [1.165, 1.54) is 0 Å². The van der Waals surface area contributed by atoms with E-state index in [1.54, 1.807) is 18.3 Å². The molecule has 0 amide bonds. The molecule has 0 radical (unpaired) electrons.